The number of carbonyl (C=O) groups is 2. The van der Waals surface area contributed by atoms with Gasteiger partial charge in [-0.15, -0.1) is 0 Å². The maximum absolute atomic E-state index is 13.8. The van der Waals surface area contributed by atoms with E-state index >= 15 is 0 Å². The first-order valence-electron chi connectivity index (χ1n) is 11.2. The minimum Gasteiger partial charge on any atom is -0.507 e. The summed E-state index contributed by atoms with van der Waals surface area (Å²) in [6.07, 6.45) is 0. The van der Waals surface area contributed by atoms with Crippen LogP contribution in [0.4, 0.5) is 4.39 Å². The van der Waals surface area contributed by atoms with E-state index in [2.05, 4.69) is 0 Å². The maximum Gasteiger partial charge on any atom is 0.295 e. The Morgan fingerprint density at radius 2 is 1.77 bits per heavy atom. The molecule has 7 heteroatoms. The van der Waals surface area contributed by atoms with Crippen molar-refractivity contribution < 1.29 is 28.6 Å². The molecule has 3 aromatic carbocycles. The van der Waals surface area contributed by atoms with Crippen LogP contribution in [0.15, 0.2) is 72.3 Å². The summed E-state index contributed by atoms with van der Waals surface area (Å²) >= 11 is 0. The summed E-state index contributed by atoms with van der Waals surface area (Å²) in [6, 6.07) is 17.5. The highest BCUT2D eigenvalue weighted by Gasteiger charge is 2.46. The van der Waals surface area contributed by atoms with E-state index in [4.69, 9.17) is 9.47 Å². The van der Waals surface area contributed by atoms with Crippen LogP contribution in [0.25, 0.3) is 5.76 Å². The molecule has 0 saturated carbocycles. The van der Waals surface area contributed by atoms with E-state index in [-0.39, 0.29) is 23.4 Å². The molecule has 1 saturated heterocycles. The standard InChI is InChI=1S/C28H26FNO5/c1-4-35-22-7-5-6-19(15-22)25-24(26(31)20-10-13-23(29)17(2)14-20)27(32)28(33)30(25)16-18-8-11-21(34-3)12-9-18/h5-15,25,31H,4,16H2,1-3H3/b26-24-. The number of Topliss-reactive ketones (excluding diaryl/α,β-unsaturated/α-hetero) is 1. The van der Waals surface area contributed by atoms with E-state index in [1.165, 1.54) is 23.1 Å². The van der Waals surface area contributed by atoms with Crippen LogP contribution >= 0.6 is 0 Å². The van der Waals surface area contributed by atoms with Gasteiger partial charge in [0.2, 0.25) is 0 Å². The number of aliphatic hydroxyl groups is 1. The molecule has 0 aliphatic carbocycles. The molecule has 180 valence electrons. The molecular formula is C28H26FNO5. The molecule has 1 N–H and O–H groups in total. The lowest BCUT2D eigenvalue weighted by Crippen LogP contribution is -2.29. The molecule has 0 radical (unpaired) electrons. The summed E-state index contributed by atoms with van der Waals surface area (Å²) < 4.78 is 24.7. The summed E-state index contributed by atoms with van der Waals surface area (Å²) in [6.45, 7) is 4.01. The molecule has 1 aliphatic rings. The van der Waals surface area contributed by atoms with Gasteiger partial charge in [-0.25, -0.2) is 4.39 Å². The Hall–Kier alpha value is -4.13. The van der Waals surface area contributed by atoms with E-state index in [9.17, 15) is 19.1 Å². The number of benzene rings is 3. The highest BCUT2D eigenvalue weighted by Crippen LogP contribution is 2.41. The minimum atomic E-state index is -0.858. The third-order valence-electron chi connectivity index (χ3n) is 5.97. The van der Waals surface area contributed by atoms with Crippen molar-refractivity contribution in [1.82, 2.24) is 4.90 Å². The summed E-state index contributed by atoms with van der Waals surface area (Å²) in [4.78, 5) is 27.9. The van der Waals surface area contributed by atoms with E-state index in [0.29, 0.717) is 29.2 Å². The lowest BCUT2D eigenvalue weighted by molar-refractivity contribution is -0.140. The molecule has 1 heterocycles. The molecule has 6 nitrogen and oxygen atoms in total. The topological polar surface area (TPSA) is 76.1 Å². The van der Waals surface area contributed by atoms with Gasteiger partial charge in [0.05, 0.1) is 25.3 Å². The molecule has 1 unspecified atom stereocenters. The fraction of sp³-hybridized carbons (Fsp3) is 0.214. The zero-order valence-corrected chi connectivity index (χ0v) is 19.7. The average Bonchev–Trinajstić information content (AvgIpc) is 3.11. The average molecular weight is 476 g/mol. The molecule has 4 rings (SSSR count). The van der Waals surface area contributed by atoms with Crippen molar-refractivity contribution in [3.05, 3.63) is 100 Å². The van der Waals surface area contributed by atoms with E-state index in [1.807, 2.05) is 19.1 Å². The van der Waals surface area contributed by atoms with Crippen LogP contribution in [0.3, 0.4) is 0 Å². The first kappa shape index (κ1) is 24.0. The predicted molar refractivity (Wildman–Crippen MR) is 130 cm³/mol. The zero-order chi connectivity index (χ0) is 25.1. The number of rotatable bonds is 7. The Morgan fingerprint density at radius 3 is 2.43 bits per heavy atom. The highest BCUT2D eigenvalue weighted by molar-refractivity contribution is 6.46. The molecule has 35 heavy (non-hydrogen) atoms. The van der Waals surface area contributed by atoms with E-state index in [1.54, 1.807) is 50.4 Å². The fourth-order valence-electron chi connectivity index (χ4n) is 4.21. The van der Waals surface area contributed by atoms with Gasteiger partial charge in [0.15, 0.2) is 0 Å². The number of hydrogen-bond acceptors (Lipinski definition) is 5. The lowest BCUT2D eigenvalue weighted by Gasteiger charge is -2.26. The van der Waals surface area contributed by atoms with Gasteiger partial charge < -0.3 is 19.5 Å². The number of likely N-dealkylation sites (tertiary alicyclic amines) is 1. The molecule has 3 aromatic rings. The van der Waals surface area contributed by atoms with Gasteiger partial charge in [0.25, 0.3) is 11.7 Å². The van der Waals surface area contributed by atoms with Crippen LogP contribution < -0.4 is 9.47 Å². The van der Waals surface area contributed by atoms with Crippen LogP contribution in [-0.2, 0) is 16.1 Å². The number of hydrogen-bond donors (Lipinski definition) is 1. The molecule has 1 amide bonds. The number of ketones is 1. The monoisotopic (exact) mass is 475 g/mol. The van der Waals surface area contributed by atoms with Crippen molar-refractivity contribution in [3.63, 3.8) is 0 Å². The number of carbonyl (C=O) groups excluding carboxylic acids is 2. The quantitative estimate of drug-likeness (QED) is 0.290. The normalized spacial score (nSPS) is 17.0. The highest BCUT2D eigenvalue weighted by atomic mass is 19.1. The molecule has 1 aliphatic heterocycles. The number of methoxy groups -OCH3 is 1. The van der Waals surface area contributed by atoms with Crippen LogP contribution in [0, 0.1) is 12.7 Å². The predicted octanol–water partition coefficient (Wildman–Crippen LogP) is 5.16. The molecule has 1 fully saturated rings. The van der Waals surface area contributed by atoms with Crippen molar-refractivity contribution in [2.45, 2.75) is 26.4 Å². The van der Waals surface area contributed by atoms with Crippen molar-refractivity contribution in [2.75, 3.05) is 13.7 Å². The largest absolute Gasteiger partial charge is 0.507 e. The Bertz CT molecular complexity index is 1300. The number of halogens is 1. The summed E-state index contributed by atoms with van der Waals surface area (Å²) in [5, 5.41) is 11.2. The summed E-state index contributed by atoms with van der Waals surface area (Å²) in [5.41, 5.74) is 1.93. The Morgan fingerprint density at radius 1 is 1.03 bits per heavy atom. The van der Waals surface area contributed by atoms with Crippen molar-refractivity contribution in [3.8, 4) is 11.5 Å². The van der Waals surface area contributed by atoms with E-state index < -0.39 is 23.5 Å². The number of amides is 1. The smallest absolute Gasteiger partial charge is 0.295 e. The van der Waals surface area contributed by atoms with Crippen LogP contribution in [0.1, 0.15) is 35.2 Å². The van der Waals surface area contributed by atoms with E-state index in [0.717, 1.165) is 5.56 Å². The van der Waals surface area contributed by atoms with Crippen molar-refractivity contribution >= 4 is 17.4 Å². The molecular weight excluding hydrogens is 449 g/mol. The molecule has 0 aromatic heterocycles. The van der Waals surface area contributed by atoms with Gasteiger partial charge in [-0.1, -0.05) is 24.3 Å². The van der Waals surface area contributed by atoms with Gasteiger partial charge in [-0.3, -0.25) is 9.59 Å². The molecule has 0 spiro atoms. The number of ether oxygens (including phenoxy) is 2. The lowest BCUT2D eigenvalue weighted by atomic mass is 9.94. The Labute approximate surface area is 203 Å². The van der Waals surface area contributed by atoms with Crippen LogP contribution in [-0.4, -0.2) is 35.4 Å². The van der Waals surface area contributed by atoms with Gasteiger partial charge >= 0.3 is 0 Å². The third-order valence-corrected chi connectivity index (χ3v) is 5.97. The number of nitrogens with zero attached hydrogens (tertiary/aromatic N) is 1. The maximum atomic E-state index is 13.8. The summed E-state index contributed by atoms with van der Waals surface area (Å²) in [7, 11) is 1.57. The zero-order valence-electron chi connectivity index (χ0n) is 19.7. The second-order valence-corrected chi connectivity index (χ2v) is 8.24. The number of aryl methyl sites for hydroxylation is 1. The summed E-state index contributed by atoms with van der Waals surface area (Å²) in [5.74, 6) is -1.06. The van der Waals surface area contributed by atoms with Crippen LogP contribution in [0.5, 0.6) is 11.5 Å². The Kier molecular flexibility index (Phi) is 6.87. The van der Waals surface area contributed by atoms with Gasteiger partial charge in [0, 0.05) is 12.1 Å². The Balaban J connectivity index is 1.85. The van der Waals surface area contributed by atoms with Gasteiger partial charge in [-0.05, 0) is 73.0 Å². The van der Waals surface area contributed by atoms with Gasteiger partial charge in [-0.2, -0.15) is 0 Å². The number of aliphatic hydroxyl groups excluding tert-OH is 1. The third kappa shape index (κ3) is 4.75. The van der Waals surface area contributed by atoms with Gasteiger partial charge in [0.1, 0.15) is 23.1 Å². The minimum absolute atomic E-state index is 0.0526. The first-order chi connectivity index (χ1) is 16.8. The van der Waals surface area contributed by atoms with Crippen molar-refractivity contribution in [1.29, 1.82) is 0 Å². The fourth-order valence-corrected chi connectivity index (χ4v) is 4.21. The van der Waals surface area contributed by atoms with Crippen LogP contribution in [0.2, 0.25) is 0 Å². The second kappa shape index (κ2) is 10.0. The molecule has 0 bridgehead atoms. The molecule has 1 atom stereocenters. The van der Waals surface area contributed by atoms with Crippen molar-refractivity contribution in [2.24, 2.45) is 0 Å². The second-order valence-electron chi connectivity index (χ2n) is 8.24. The SMILES string of the molecule is CCOc1cccc(C2/C(=C(/O)c3ccc(F)c(C)c3)C(=O)C(=O)N2Cc2ccc(OC)cc2)c1. The first-order valence-corrected chi connectivity index (χ1v) is 11.2.